The van der Waals surface area contributed by atoms with Gasteiger partial charge in [0.1, 0.15) is 6.10 Å². The van der Waals surface area contributed by atoms with E-state index in [0.29, 0.717) is 12.5 Å². The highest BCUT2D eigenvalue weighted by Crippen LogP contribution is 2.38. The van der Waals surface area contributed by atoms with Gasteiger partial charge < -0.3 is 4.74 Å². The molecule has 5 nitrogen and oxygen atoms in total. The van der Waals surface area contributed by atoms with Gasteiger partial charge in [0.2, 0.25) is 0 Å². The average molecular weight is 434 g/mol. The lowest BCUT2D eigenvalue weighted by atomic mass is 9.86. The molecule has 0 N–H and O–H groups in total. The summed E-state index contributed by atoms with van der Waals surface area (Å²) < 4.78 is 7.34. The molecule has 0 aliphatic carbocycles. The Morgan fingerprint density at radius 1 is 1.13 bits per heavy atom. The van der Waals surface area contributed by atoms with Crippen LogP contribution in [0.5, 0.6) is 0 Å². The Labute approximate surface area is 186 Å². The van der Waals surface area contributed by atoms with Crippen molar-refractivity contribution >= 4 is 27.6 Å². The van der Waals surface area contributed by atoms with E-state index in [-0.39, 0.29) is 18.2 Å². The molecule has 2 bridgehead atoms. The zero-order valence-electron chi connectivity index (χ0n) is 17.8. The Kier molecular flexibility index (Phi) is 4.73. The van der Waals surface area contributed by atoms with Crippen molar-refractivity contribution in [2.45, 2.75) is 38.3 Å². The van der Waals surface area contributed by atoms with Crippen molar-refractivity contribution in [2.75, 3.05) is 26.2 Å². The van der Waals surface area contributed by atoms with Crippen LogP contribution in [0.25, 0.3) is 10.2 Å². The Bertz CT molecular complexity index is 1130. The van der Waals surface area contributed by atoms with E-state index in [1.807, 2.05) is 11.8 Å². The van der Waals surface area contributed by atoms with Crippen molar-refractivity contribution in [3.05, 3.63) is 64.2 Å². The van der Waals surface area contributed by atoms with Crippen LogP contribution in [0.15, 0.2) is 42.5 Å². The first-order chi connectivity index (χ1) is 15.2. The van der Waals surface area contributed by atoms with Crippen LogP contribution in [0.4, 0.5) is 4.79 Å². The first-order valence-corrected chi connectivity index (χ1v) is 12.1. The zero-order valence-corrected chi connectivity index (χ0v) is 18.6. The summed E-state index contributed by atoms with van der Waals surface area (Å²) in [7, 11) is 0. The van der Waals surface area contributed by atoms with Crippen molar-refractivity contribution < 1.29 is 9.53 Å². The summed E-state index contributed by atoms with van der Waals surface area (Å²) in [6, 6.07) is 14.8. The van der Waals surface area contributed by atoms with Gasteiger partial charge >= 0.3 is 6.09 Å². The van der Waals surface area contributed by atoms with Crippen LogP contribution in [0.3, 0.4) is 0 Å². The number of hydrogen-bond donors (Lipinski definition) is 0. The molecule has 2 aromatic carbocycles. The summed E-state index contributed by atoms with van der Waals surface area (Å²) in [5.41, 5.74) is 4.63. The fraction of sp³-hybridized carbons (Fsp3) is 0.440. The van der Waals surface area contributed by atoms with Gasteiger partial charge in [-0.15, -0.1) is 11.3 Å². The Balaban J connectivity index is 1.35. The largest absolute Gasteiger partial charge is 0.444 e. The summed E-state index contributed by atoms with van der Waals surface area (Å²) in [5.74, 6) is 0.513. The first-order valence-electron chi connectivity index (χ1n) is 11.3. The molecule has 160 valence electrons. The minimum atomic E-state index is -0.173. The number of amides is 1. The van der Waals surface area contributed by atoms with Crippen LogP contribution in [0, 0.1) is 12.8 Å². The molecular weight excluding hydrogens is 406 g/mol. The average Bonchev–Trinajstić information content (AvgIpc) is 3.18. The molecule has 0 radical (unpaired) electrons. The van der Waals surface area contributed by atoms with Crippen LogP contribution in [0.1, 0.15) is 40.6 Å². The van der Waals surface area contributed by atoms with Crippen molar-refractivity contribution in [2.24, 2.45) is 5.92 Å². The molecule has 7 rings (SSSR count). The third-order valence-corrected chi connectivity index (χ3v) is 8.15. The Morgan fingerprint density at radius 2 is 1.97 bits per heavy atom. The quantitative estimate of drug-likeness (QED) is 0.583. The highest BCUT2D eigenvalue weighted by atomic mass is 32.1. The van der Waals surface area contributed by atoms with E-state index in [2.05, 4.69) is 47.4 Å². The highest BCUT2D eigenvalue weighted by Gasteiger charge is 2.39. The molecule has 0 unspecified atom stereocenters. The first kappa shape index (κ1) is 19.3. The predicted octanol–water partition coefficient (Wildman–Crippen LogP) is 4.78. The second-order valence-corrected chi connectivity index (χ2v) is 10.3. The van der Waals surface area contributed by atoms with Gasteiger partial charge in [-0.1, -0.05) is 30.3 Å². The van der Waals surface area contributed by atoms with Crippen LogP contribution >= 0.6 is 11.3 Å². The molecule has 3 aromatic rings. The Morgan fingerprint density at radius 3 is 2.77 bits per heavy atom. The number of nitrogens with zero attached hydrogens (tertiary/aromatic N) is 3. The molecule has 2 atom stereocenters. The number of carbonyl (C=O) groups excluding carboxylic acids is 1. The topological polar surface area (TPSA) is 45.7 Å². The van der Waals surface area contributed by atoms with Crippen LogP contribution < -0.4 is 0 Å². The maximum absolute atomic E-state index is 13.5. The molecule has 0 saturated carbocycles. The van der Waals surface area contributed by atoms with Crippen LogP contribution in [-0.4, -0.2) is 53.2 Å². The number of benzene rings is 2. The number of aromatic nitrogens is 1. The van der Waals surface area contributed by atoms with E-state index in [0.717, 1.165) is 55.0 Å². The molecular formula is C25H27N3O2S. The maximum atomic E-state index is 13.5. The molecule has 3 fully saturated rings. The van der Waals surface area contributed by atoms with Gasteiger partial charge in [-0.25, -0.2) is 9.78 Å². The number of aryl methyl sites for hydroxylation is 1. The normalized spacial score (nSPS) is 27.3. The lowest BCUT2D eigenvalue weighted by molar-refractivity contribution is -0.0462. The molecule has 3 saturated heterocycles. The number of thiazole rings is 1. The molecule has 4 aliphatic heterocycles. The van der Waals surface area contributed by atoms with Gasteiger partial charge in [0.15, 0.2) is 0 Å². The third kappa shape index (κ3) is 3.42. The van der Waals surface area contributed by atoms with Gasteiger partial charge in [-0.05, 0) is 74.0 Å². The predicted molar refractivity (Wildman–Crippen MR) is 122 cm³/mol. The molecule has 1 aromatic heterocycles. The molecule has 0 spiro atoms. The van der Waals surface area contributed by atoms with Crippen molar-refractivity contribution in [3.63, 3.8) is 0 Å². The van der Waals surface area contributed by atoms with Crippen molar-refractivity contribution in [1.29, 1.82) is 0 Å². The summed E-state index contributed by atoms with van der Waals surface area (Å²) in [6.45, 7) is 5.89. The summed E-state index contributed by atoms with van der Waals surface area (Å²) in [4.78, 5) is 22.5. The number of fused-ring (bicyclic) bond motifs is 5. The second-order valence-electron chi connectivity index (χ2n) is 9.07. The minimum absolute atomic E-state index is 0.0245. The minimum Gasteiger partial charge on any atom is -0.444 e. The Hall–Kier alpha value is -2.44. The fourth-order valence-electron chi connectivity index (χ4n) is 5.59. The smallest absolute Gasteiger partial charge is 0.410 e. The summed E-state index contributed by atoms with van der Waals surface area (Å²) in [6.07, 6.45) is 3.00. The molecule has 4 aliphatic rings. The lowest BCUT2D eigenvalue weighted by Crippen LogP contribution is -2.53. The number of ether oxygens (including phenoxy) is 1. The van der Waals surface area contributed by atoms with Gasteiger partial charge in [0, 0.05) is 13.1 Å². The second kappa shape index (κ2) is 7.61. The van der Waals surface area contributed by atoms with E-state index in [9.17, 15) is 4.79 Å². The lowest BCUT2D eigenvalue weighted by Gasteiger charge is -2.45. The fourth-order valence-corrected chi connectivity index (χ4v) is 6.40. The number of piperidine rings is 3. The molecule has 6 heteroatoms. The van der Waals surface area contributed by atoms with Gasteiger partial charge in [-0.3, -0.25) is 9.80 Å². The summed E-state index contributed by atoms with van der Waals surface area (Å²) >= 11 is 1.71. The van der Waals surface area contributed by atoms with E-state index in [1.54, 1.807) is 11.3 Å². The summed E-state index contributed by atoms with van der Waals surface area (Å²) in [5, 5.41) is 1.06. The van der Waals surface area contributed by atoms with E-state index >= 15 is 0 Å². The van der Waals surface area contributed by atoms with Gasteiger partial charge in [0.25, 0.3) is 0 Å². The standard InChI is InChI=1S/C25H27N3O2S/c1-16-26-21-14-19(6-7-23(21)31-16)24-20-5-3-2-4-17(20)10-13-28(24)25(29)30-22-15-27-11-8-18(22)9-12-27/h2-7,14,18,22,24H,8-13,15H2,1H3/t22-,24-/m1/s1. The third-order valence-electron chi connectivity index (χ3n) is 7.20. The highest BCUT2D eigenvalue weighted by molar-refractivity contribution is 7.18. The number of carbonyl (C=O) groups is 1. The van der Waals surface area contributed by atoms with Crippen LogP contribution in [0.2, 0.25) is 0 Å². The number of rotatable bonds is 2. The van der Waals surface area contributed by atoms with Crippen molar-refractivity contribution in [1.82, 2.24) is 14.8 Å². The van der Waals surface area contributed by atoms with Crippen molar-refractivity contribution in [3.8, 4) is 0 Å². The number of hydrogen-bond acceptors (Lipinski definition) is 5. The van der Waals surface area contributed by atoms with E-state index in [4.69, 9.17) is 9.72 Å². The van der Waals surface area contributed by atoms with E-state index in [1.165, 1.54) is 15.8 Å². The molecule has 5 heterocycles. The zero-order chi connectivity index (χ0) is 20.9. The SMILES string of the molecule is Cc1nc2cc([C@@H]3c4ccccc4CCN3C(=O)O[C@@H]3CN4CCC3CC4)ccc2s1. The molecule has 1 amide bonds. The van der Waals surface area contributed by atoms with Crippen LogP contribution in [-0.2, 0) is 11.2 Å². The van der Waals surface area contributed by atoms with E-state index < -0.39 is 0 Å². The maximum Gasteiger partial charge on any atom is 0.410 e. The van der Waals surface area contributed by atoms with Gasteiger partial charge in [0.05, 0.1) is 21.3 Å². The molecule has 31 heavy (non-hydrogen) atoms. The van der Waals surface area contributed by atoms with Gasteiger partial charge in [-0.2, -0.15) is 0 Å². The monoisotopic (exact) mass is 433 g/mol.